The van der Waals surface area contributed by atoms with Gasteiger partial charge in [-0.1, -0.05) is 30.3 Å². The van der Waals surface area contributed by atoms with Crippen molar-refractivity contribution in [3.05, 3.63) is 88.1 Å². The first-order chi connectivity index (χ1) is 15.5. The Balaban J connectivity index is 1.60. The summed E-state index contributed by atoms with van der Waals surface area (Å²) in [7, 11) is 0. The number of thiocarbonyl (C=S) groups is 1. The van der Waals surface area contributed by atoms with Crippen molar-refractivity contribution in [2.24, 2.45) is 5.10 Å². The third-order valence-electron chi connectivity index (χ3n) is 4.09. The van der Waals surface area contributed by atoms with Gasteiger partial charge < -0.3 is 14.8 Å². The Morgan fingerprint density at radius 3 is 2.69 bits per heavy atom. The molecule has 0 spiro atoms. The van der Waals surface area contributed by atoms with Crippen LogP contribution >= 0.6 is 12.2 Å². The van der Waals surface area contributed by atoms with Crippen molar-refractivity contribution in [1.29, 1.82) is 0 Å². The summed E-state index contributed by atoms with van der Waals surface area (Å²) in [6.07, 6.45) is 2.74. The zero-order chi connectivity index (χ0) is 22.8. The minimum atomic E-state index is -0.520. The van der Waals surface area contributed by atoms with Crippen LogP contribution < -0.4 is 20.2 Å². The molecule has 10 heteroatoms. The van der Waals surface area contributed by atoms with Gasteiger partial charge in [0.2, 0.25) is 5.88 Å². The highest BCUT2D eigenvalue weighted by molar-refractivity contribution is 7.80. The van der Waals surface area contributed by atoms with Crippen LogP contribution in [0.3, 0.4) is 0 Å². The van der Waals surface area contributed by atoms with Crippen molar-refractivity contribution in [2.45, 2.75) is 13.5 Å². The van der Waals surface area contributed by atoms with Crippen molar-refractivity contribution >= 4 is 29.2 Å². The van der Waals surface area contributed by atoms with E-state index in [4.69, 9.17) is 21.7 Å². The fourth-order valence-corrected chi connectivity index (χ4v) is 2.72. The van der Waals surface area contributed by atoms with Crippen LogP contribution in [0, 0.1) is 10.1 Å². The maximum absolute atomic E-state index is 10.8. The number of hydrazone groups is 1. The van der Waals surface area contributed by atoms with Gasteiger partial charge in [0.25, 0.3) is 5.69 Å². The molecule has 0 saturated heterocycles. The van der Waals surface area contributed by atoms with Crippen LogP contribution in [0.15, 0.2) is 72.0 Å². The standard InChI is InChI=1S/C22H21N5O4S/c1-2-30-20-12-17(14-25-26-22(32)24-13-16-6-4-3-5-7-16)8-10-19(20)31-21-11-9-18(15-23-21)27(28)29/h3-12,14-15H,2,13H2,1H3,(H2,24,26,32)/b25-14+. The lowest BCUT2D eigenvalue weighted by Gasteiger charge is -2.11. The van der Waals surface area contributed by atoms with Crippen LogP contribution in [0.1, 0.15) is 18.1 Å². The second-order valence-electron chi connectivity index (χ2n) is 6.39. The number of benzene rings is 2. The Morgan fingerprint density at radius 2 is 2.00 bits per heavy atom. The monoisotopic (exact) mass is 451 g/mol. The number of nitro groups is 1. The van der Waals surface area contributed by atoms with E-state index in [0.717, 1.165) is 17.3 Å². The maximum atomic E-state index is 10.8. The SMILES string of the molecule is CCOc1cc(/C=N/NC(=S)NCc2ccccc2)ccc1Oc1ccc([N+](=O)[O-])cn1. The molecule has 3 aromatic rings. The molecule has 32 heavy (non-hydrogen) atoms. The molecule has 0 radical (unpaired) electrons. The molecule has 0 bridgehead atoms. The molecule has 1 aromatic heterocycles. The van der Waals surface area contributed by atoms with E-state index in [1.807, 2.05) is 37.3 Å². The predicted octanol–water partition coefficient (Wildman–Crippen LogP) is 4.18. The Hall–Kier alpha value is -4.05. The zero-order valence-electron chi connectivity index (χ0n) is 17.2. The average Bonchev–Trinajstić information content (AvgIpc) is 2.80. The highest BCUT2D eigenvalue weighted by atomic mass is 32.1. The van der Waals surface area contributed by atoms with Crippen LogP contribution in [0.25, 0.3) is 0 Å². The summed E-state index contributed by atoms with van der Waals surface area (Å²) in [6, 6.07) is 17.9. The maximum Gasteiger partial charge on any atom is 0.287 e. The molecule has 0 saturated carbocycles. The first-order valence-electron chi connectivity index (χ1n) is 9.71. The average molecular weight is 452 g/mol. The summed E-state index contributed by atoms with van der Waals surface area (Å²) in [4.78, 5) is 14.2. The van der Waals surface area contributed by atoms with Gasteiger partial charge in [0.1, 0.15) is 6.20 Å². The van der Waals surface area contributed by atoms with Gasteiger partial charge in [-0.3, -0.25) is 15.5 Å². The Labute approximate surface area is 190 Å². The molecule has 0 aliphatic rings. The van der Waals surface area contributed by atoms with Gasteiger partial charge >= 0.3 is 0 Å². The van der Waals surface area contributed by atoms with Gasteiger partial charge in [-0.15, -0.1) is 0 Å². The summed E-state index contributed by atoms with van der Waals surface area (Å²) < 4.78 is 11.4. The van der Waals surface area contributed by atoms with E-state index in [1.54, 1.807) is 24.4 Å². The number of ether oxygens (including phenoxy) is 2. The van der Waals surface area contributed by atoms with Crippen LogP contribution in [0.4, 0.5) is 5.69 Å². The number of pyridine rings is 1. The summed E-state index contributed by atoms with van der Waals surface area (Å²) in [5.41, 5.74) is 4.53. The minimum absolute atomic E-state index is 0.113. The van der Waals surface area contributed by atoms with Crippen LogP contribution in [0.5, 0.6) is 17.4 Å². The number of rotatable bonds is 9. The van der Waals surface area contributed by atoms with E-state index in [2.05, 4.69) is 20.8 Å². The largest absolute Gasteiger partial charge is 0.490 e. The van der Waals surface area contributed by atoms with E-state index < -0.39 is 4.92 Å². The van der Waals surface area contributed by atoms with Gasteiger partial charge in [0.15, 0.2) is 16.6 Å². The van der Waals surface area contributed by atoms with Gasteiger partial charge in [0.05, 0.1) is 17.7 Å². The molecular formula is C22H21N5O4S. The Kier molecular flexibility index (Phi) is 8.04. The molecule has 0 amide bonds. The molecule has 0 fully saturated rings. The molecular weight excluding hydrogens is 430 g/mol. The number of aromatic nitrogens is 1. The van der Waals surface area contributed by atoms with Crippen molar-refractivity contribution < 1.29 is 14.4 Å². The number of hydrogen-bond donors (Lipinski definition) is 2. The van der Waals surface area contributed by atoms with Crippen LogP contribution in [0.2, 0.25) is 0 Å². The summed E-state index contributed by atoms with van der Waals surface area (Å²) in [5.74, 6) is 1.13. The van der Waals surface area contributed by atoms with E-state index in [9.17, 15) is 10.1 Å². The zero-order valence-corrected chi connectivity index (χ0v) is 18.0. The van der Waals surface area contributed by atoms with Gasteiger partial charge in [-0.25, -0.2) is 4.98 Å². The van der Waals surface area contributed by atoms with Gasteiger partial charge in [0, 0.05) is 18.7 Å². The van der Waals surface area contributed by atoms with E-state index in [-0.39, 0.29) is 11.6 Å². The van der Waals surface area contributed by atoms with Crippen molar-refractivity contribution in [2.75, 3.05) is 6.61 Å². The summed E-state index contributed by atoms with van der Waals surface area (Å²) in [5, 5.41) is 18.4. The van der Waals surface area contributed by atoms with Gasteiger partial charge in [-0.05, 0) is 48.5 Å². The quantitative estimate of drug-likeness (QED) is 0.216. The second kappa shape index (κ2) is 11.4. The predicted molar refractivity (Wildman–Crippen MR) is 125 cm³/mol. The topological polar surface area (TPSA) is 111 Å². The first kappa shape index (κ1) is 22.6. The fourth-order valence-electron chi connectivity index (χ4n) is 2.59. The molecule has 2 N–H and O–H groups in total. The molecule has 0 aliphatic carbocycles. The molecule has 1 heterocycles. The van der Waals surface area contributed by atoms with Crippen LogP contribution in [-0.4, -0.2) is 27.8 Å². The molecule has 164 valence electrons. The van der Waals surface area contributed by atoms with Crippen molar-refractivity contribution in [3.63, 3.8) is 0 Å². The van der Waals surface area contributed by atoms with E-state index >= 15 is 0 Å². The van der Waals surface area contributed by atoms with E-state index in [1.165, 1.54) is 12.1 Å². The van der Waals surface area contributed by atoms with E-state index in [0.29, 0.717) is 29.8 Å². The number of nitrogens with zero attached hydrogens (tertiary/aromatic N) is 3. The first-order valence-corrected chi connectivity index (χ1v) is 10.1. The summed E-state index contributed by atoms with van der Waals surface area (Å²) in [6.45, 7) is 2.88. The normalized spacial score (nSPS) is 10.5. The number of nitrogens with one attached hydrogen (secondary N) is 2. The minimum Gasteiger partial charge on any atom is -0.490 e. The Morgan fingerprint density at radius 1 is 1.19 bits per heavy atom. The van der Waals surface area contributed by atoms with Crippen molar-refractivity contribution in [1.82, 2.24) is 15.7 Å². The molecule has 2 aromatic carbocycles. The lowest BCUT2D eigenvalue weighted by molar-refractivity contribution is -0.385. The van der Waals surface area contributed by atoms with Gasteiger partial charge in [-0.2, -0.15) is 5.10 Å². The highest BCUT2D eigenvalue weighted by Crippen LogP contribution is 2.32. The lowest BCUT2D eigenvalue weighted by atomic mass is 10.2. The third kappa shape index (κ3) is 6.74. The van der Waals surface area contributed by atoms with Crippen molar-refractivity contribution in [3.8, 4) is 17.4 Å². The molecule has 9 nitrogen and oxygen atoms in total. The molecule has 0 atom stereocenters. The number of hydrogen-bond acceptors (Lipinski definition) is 7. The molecule has 0 unspecified atom stereocenters. The highest BCUT2D eigenvalue weighted by Gasteiger charge is 2.10. The molecule has 0 aliphatic heterocycles. The summed E-state index contributed by atoms with van der Waals surface area (Å²) >= 11 is 5.23. The smallest absolute Gasteiger partial charge is 0.287 e. The lowest BCUT2D eigenvalue weighted by Crippen LogP contribution is -2.31. The Bertz CT molecular complexity index is 1090. The fraction of sp³-hybridized carbons (Fsp3) is 0.136. The third-order valence-corrected chi connectivity index (χ3v) is 4.32. The molecule has 3 rings (SSSR count). The second-order valence-corrected chi connectivity index (χ2v) is 6.80. The van der Waals surface area contributed by atoms with Crippen LogP contribution in [-0.2, 0) is 6.54 Å².